The number of hydrogen-bond donors (Lipinski definition) is 1. The highest BCUT2D eigenvalue weighted by Crippen LogP contribution is 2.36. The minimum absolute atomic E-state index is 0.0344. The van der Waals surface area contributed by atoms with Crippen molar-refractivity contribution in [3.8, 4) is 0 Å². The van der Waals surface area contributed by atoms with E-state index in [2.05, 4.69) is 10.3 Å². The Hall–Kier alpha value is -3.10. The molecule has 1 aromatic carbocycles. The number of carbonyl (C=O) groups is 2. The van der Waals surface area contributed by atoms with Crippen molar-refractivity contribution in [2.75, 3.05) is 29.9 Å². The lowest BCUT2D eigenvalue weighted by Crippen LogP contribution is -2.25. The zero-order valence-electron chi connectivity index (χ0n) is 14.8. The third-order valence-electron chi connectivity index (χ3n) is 4.25. The maximum atomic E-state index is 13.1. The van der Waals surface area contributed by atoms with Crippen LogP contribution < -0.4 is 10.2 Å². The number of anilines is 2. The lowest BCUT2D eigenvalue weighted by molar-refractivity contribution is -0.137. The van der Waals surface area contributed by atoms with Crippen LogP contribution in [0.1, 0.15) is 28.9 Å². The van der Waals surface area contributed by atoms with Crippen LogP contribution in [0.4, 0.5) is 24.5 Å². The molecule has 0 aliphatic carbocycles. The number of alkyl halides is 3. The van der Waals surface area contributed by atoms with Crippen LogP contribution in [-0.2, 0) is 15.7 Å². The summed E-state index contributed by atoms with van der Waals surface area (Å²) < 4.78 is 44.0. The average Bonchev–Trinajstić information content (AvgIpc) is 3.20. The van der Waals surface area contributed by atoms with Crippen LogP contribution in [0.2, 0.25) is 0 Å². The maximum absolute atomic E-state index is 13.1. The summed E-state index contributed by atoms with van der Waals surface area (Å²) in [4.78, 5) is 29.7. The van der Waals surface area contributed by atoms with Gasteiger partial charge in [0.25, 0.3) is 5.91 Å². The normalized spacial score (nSPS) is 14.0. The molecule has 0 atom stereocenters. The Bertz CT molecular complexity index is 850. The summed E-state index contributed by atoms with van der Waals surface area (Å²) in [6.07, 6.45) is -1.28. The topological polar surface area (TPSA) is 71.5 Å². The van der Waals surface area contributed by atoms with E-state index in [-0.39, 0.29) is 11.4 Å². The van der Waals surface area contributed by atoms with Gasteiger partial charge in [-0.25, -0.2) is 9.78 Å². The van der Waals surface area contributed by atoms with Gasteiger partial charge in [0, 0.05) is 19.3 Å². The Labute approximate surface area is 159 Å². The van der Waals surface area contributed by atoms with Crippen LogP contribution in [0, 0.1) is 0 Å². The third kappa shape index (κ3) is 4.79. The van der Waals surface area contributed by atoms with Crippen LogP contribution >= 0.6 is 0 Å². The van der Waals surface area contributed by atoms with Gasteiger partial charge in [-0.3, -0.25) is 4.79 Å². The van der Waals surface area contributed by atoms with Crippen molar-refractivity contribution < 1.29 is 27.5 Å². The number of nitrogens with zero attached hydrogens (tertiary/aromatic N) is 2. The van der Waals surface area contributed by atoms with Gasteiger partial charge in [0.1, 0.15) is 5.69 Å². The molecule has 6 nitrogen and oxygen atoms in total. The smallest absolute Gasteiger partial charge is 0.416 e. The number of esters is 1. The van der Waals surface area contributed by atoms with Crippen molar-refractivity contribution in [3.05, 3.63) is 53.9 Å². The van der Waals surface area contributed by atoms with E-state index < -0.39 is 30.2 Å². The van der Waals surface area contributed by atoms with Gasteiger partial charge in [0.2, 0.25) is 0 Å². The Morgan fingerprint density at radius 3 is 2.54 bits per heavy atom. The second-order valence-corrected chi connectivity index (χ2v) is 6.26. The standard InChI is InChI=1S/C19H18F3N3O3/c20-19(21,22)13-6-7-16(25-9-3-4-10-25)15(11-13)24-17(26)12-28-18(27)14-5-1-2-8-23-14/h1-2,5-8,11H,3-4,9-10,12H2,(H,24,26). The molecule has 1 aliphatic heterocycles. The summed E-state index contributed by atoms with van der Waals surface area (Å²) in [5.41, 5.74) is -0.283. The van der Waals surface area contributed by atoms with Gasteiger partial charge in [-0.05, 0) is 43.2 Å². The molecule has 0 spiro atoms. The Kier molecular flexibility index (Phi) is 5.81. The minimum atomic E-state index is -4.53. The van der Waals surface area contributed by atoms with Crippen molar-refractivity contribution in [1.82, 2.24) is 4.98 Å². The van der Waals surface area contributed by atoms with Gasteiger partial charge in [-0.2, -0.15) is 13.2 Å². The zero-order valence-corrected chi connectivity index (χ0v) is 14.8. The van der Waals surface area contributed by atoms with Crippen molar-refractivity contribution in [1.29, 1.82) is 0 Å². The van der Waals surface area contributed by atoms with E-state index in [4.69, 9.17) is 4.74 Å². The second kappa shape index (κ2) is 8.28. The van der Waals surface area contributed by atoms with E-state index in [1.165, 1.54) is 18.3 Å². The first-order valence-corrected chi connectivity index (χ1v) is 8.69. The molecular weight excluding hydrogens is 375 g/mol. The molecule has 0 bridgehead atoms. The summed E-state index contributed by atoms with van der Waals surface area (Å²) in [7, 11) is 0. The van der Waals surface area contributed by atoms with Gasteiger partial charge < -0.3 is 15.0 Å². The fourth-order valence-corrected chi connectivity index (χ4v) is 2.92. The number of carbonyl (C=O) groups excluding carboxylic acids is 2. The number of rotatable bonds is 5. The van der Waals surface area contributed by atoms with Crippen molar-refractivity contribution >= 4 is 23.3 Å². The predicted octanol–water partition coefficient (Wildman–Crippen LogP) is 3.50. The van der Waals surface area contributed by atoms with E-state index in [1.54, 1.807) is 12.1 Å². The van der Waals surface area contributed by atoms with Crippen molar-refractivity contribution in [2.24, 2.45) is 0 Å². The first-order chi connectivity index (χ1) is 13.3. The van der Waals surface area contributed by atoms with Gasteiger partial charge in [0.15, 0.2) is 6.61 Å². The molecule has 28 heavy (non-hydrogen) atoms. The second-order valence-electron chi connectivity index (χ2n) is 6.26. The number of halogens is 3. The van der Waals surface area contributed by atoms with Crippen molar-refractivity contribution in [2.45, 2.75) is 19.0 Å². The predicted molar refractivity (Wildman–Crippen MR) is 96.0 cm³/mol. The summed E-state index contributed by atoms with van der Waals surface area (Å²) in [5, 5.41) is 2.43. The molecule has 2 heterocycles. The Morgan fingerprint density at radius 2 is 1.89 bits per heavy atom. The van der Waals surface area contributed by atoms with Gasteiger partial charge in [0.05, 0.1) is 16.9 Å². The van der Waals surface area contributed by atoms with E-state index in [0.29, 0.717) is 18.8 Å². The Balaban J connectivity index is 1.72. The molecule has 1 aromatic heterocycles. The fraction of sp³-hybridized carbons (Fsp3) is 0.316. The highest BCUT2D eigenvalue weighted by atomic mass is 19.4. The number of benzene rings is 1. The first kappa shape index (κ1) is 19.7. The maximum Gasteiger partial charge on any atom is 0.416 e. The molecule has 3 rings (SSSR count). The quantitative estimate of drug-likeness (QED) is 0.788. The van der Waals surface area contributed by atoms with Crippen LogP contribution in [0.15, 0.2) is 42.6 Å². The molecule has 0 saturated carbocycles. The first-order valence-electron chi connectivity index (χ1n) is 8.69. The van der Waals surface area contributed by atoms with Crippen LogP contribution in [-0.4, -0.2) is 36.6 Å². The van der Waals surface area contributed by atoms with Crippen LogP contribution in [0.3, 0.4) is 0 Å². The average molecular weight is 393 g/mol. The molecule has 148 valence electrons. The Morgan fingerprint density at radius 1 is 1.14 bits per heavy atom. The highest BCUT2D eigenvalue weighted by molar-refractivity contribution is 5.97. The molecule has 1 saturated heterocycles. The molecular formula is C19H18F3N3O3. The number of hydrogen-bond acceptors (Lipinski definition) is 5. The number of ether oxygens (including phenoxy) is 1. The largest absolute Gasteiger partial charge is 0.451 e. The van der Waals surface area contributed by atoms with Crippen molar-refractivity contribution in [3.63, 3.8) is 0 Å². The number of amides is 1. The number of aromatic nitrogens is 1. The SMILES string of the molecule is O=C(COC(=O)c1ccccn1)Nc1cc(C(F)(F)F)ccc1N1CCCC1. The summed E-state index contributed by atoms with van der Waals surface area (Å²) in [6, 6.07) is 7.88. The summed E-state index contributed by atoms with van der Waals surface area (Å²) in [6.45, 7) is 0.761. The molecule has 2 aromatic rings. The van der Waals surface area contributed by atoms with Crippen LogP contribution in [0.25, 0.3) is 0 Å². The van der Waals surface area contributed by atoms with Gasteiger partial charge in [-0.1, -0.05) is 6.07 Å². The molecule has 0 unspecified atom stereocenters. The molecule has 1 N–H and O–H groups in total. The monoisotopic (exact) mass is 393 g/mol. The van der Waals surface area contributed by atoms with Gasteiger partial charge >= 0.3 is 12.1 Å². The number of pyridine rings is 1. The van der Waals surface area contributed by atoms with E-state index in [1.807, 2.05) is 4.90 Å². The van der Waals surface area contributed by atoms with E-state index >= 15 is 0 Å². The molecule has 1 aliphatic rings. The van der Waals surface area contributed by atoms with Gasteiger partial charge in [-0.15, -0.1) is 0 Å². The van der Waals surface area contributed by atoms with E-state index in [0.717, 1.165) is 25.0 Å². The molecule has 9 heteroatoms. The van der Waals surface area contributed by atoms with Crippen LogP contribution in [0.5, 0.6) is 0 Å². The minimum Gasteiger partial charge on any atom is -0.451 e. The molecule has 1 amide bonds. The lowest BCUT2D eigenvalue weighted by Gasteiger charge is -2.23. The van der Waals surface area contributed by atoms with E-state index in [9.17, 15) is 22.8 Å². The highest BCUT2D eigenvalue weighted by Gasteiger charge is 2.32. The number of nitrogens with one attached hydrogen (secondary N) is 1. The third-order valence-corrected chi connectivity index (χ3v) is 4.25. The zero-order chi connectivity index (χ0) is 20.1. The summed E-state index contributed by atoms with van der Waals surface area (Å²) in [5.74, 6) is -1.52. The fourth-order valence-electron chi connectivity index (χ4n) is 2.92. The molecule has 1 fully saturated rings. The lowest BCUT2D eigenvalue weighted by atomic mass is 10.1. The molecule has 0 radical (unpaired) electrons. The summed E-state index contributed by atoms with van der Waals surface area (Å²) >= 11 is 0.